The van der Waals surface area contributed by atoms with Crippen molar-refractivity contribution < 1.29 is 18.0 Å². The maximum Gasteiger partial charge on any atom is 0.416 e. The van der Waals surface area contributed by atoms with E-state index in [1.807, 2.05) is 0 Å². The highest BCUT2D eigenvalue weighted by Gasteiger charge is 2.30. The fraction of sp³-hybridized carbons (Fsp3) is 0.143. The molecular formula is C21H16F3N7O2. The number of anilines is 1. The number of nitrogens with one attached hydrogen (secondary N) is 1. The highest BCUT2D eigenvalue weighted by atomic mass is 19.4. The van der Waals surface area contributed by atoms with Crippen LogP contribution in [-0.2, 0) is 6.18 Å². The Hall–Kier alpha value is -4.35. The molecule has 0 aliphatic rings. The van der Waals surface area contributed by atoms with Gasteiger partial charge in [-0.1, -0.05) is 6.07 Å². The lowest BCUT2D eigenvalue weighted by Gasteiger charge is -2.14. The number of alkyl halides is 3. The monoisotopic (exact) mass is 455 g/mol. The highest BCUT2D eigenvalue weighted by Crippen LogP contribution is 2.30. The van der Waals surface area contributed by atoms with Crippen molar-refractivity contribution in [3.05, 3.63) is 87.6 Å². The van der Waals surface area contributed by atoms with Crippen LogP contribution in [0.25, 0.3) is 11.4 Å². The number of tetrazole rings is 1. The van der Waals surface area contributed by atoms with Crippen LogP contribution >= 0.6 is 0 Å². The minimum absolute atomic E-state index is 0.0676. The molecule has 0 aliphatic heterocycles. The second-order valence-electron chi connectivity index (χ2n) is 7.17. The number of halogens is 3. The second kappa shape index (κ2) is 8.30. The van der Waals surface area contributed by atoms with Crippen molar-refractivity contribution in [3.63, 3.8) is 0 Å². The zero-order chi connectivity index (χ0) is 23.8. The van der Waals surface area contributed by atoms with Gasteiger partial charge in [0.15, 0.2) is 5.69 Å². The zero-order valence-electron chi connectivity index (χ0n) is 17.3. The van der Waals surface area contributed by atoms with E-state index in [-0.39, 0.29) is 11.4 Å². The Morgan fingerprint density at radius 2 is 1.85 bits per heavy atom. The summed E-state index contributed by atoms with van der Waals surface area (Å²) in [6.07, 6.45) is -3.12. The molecule has 0 atom stereocenters. The van der Waals surface area contributed by atoms with E-state index in [9.17, 15) is 22.8 Å². The largest absolute Gasteiger partial charge is 0.416 e. The van der Waals surface area contributed by atoms with E-state index in [1.165, 1.54) is 30.1 Å². The molecule has 33 heavy (non-hydrogen) atoms. The molecule has 0 fully saturated rings. The maximum atomic E-state index is 13.1. The Morgan fingerprint density at radius 3 is 2.52 bits per heavy atom. The van der Waals surface area contributed by atoms with Gasteiger partial charge in [-0.3, -0.25) is 9.59 Å². The number of benzene rings is 2. The molecule has 0 aliphatic carbocycles. The van der Waals surface area contributed by atoms with Crippen molar-refractivity contribution >= 4 is 11.6 Å². The topological polar surface area (TPSA) is 108 Å². The lowest BCUT2D eigenvalue weighted by Crippen LogP contribution is -2.27. The van der Waals surface area contributed by atoms with Crippen LogP contribution in [0, 0.1) is 13.8 Å². The number of aryl methyl sites for hydroxylation is 2. The van der Waals surface area contributed by atoms with Gasteiger partial charge in [0.1, 0.15) is 6.33 Å². The van der Waals surface area contributed by atoms with Crippen molar-refractivity contribution in [1.29, 1.82) is 0 Å². The molecule has 9 nitrogen and oxygen atoms in total. The first-order chi connectivity index (χ1) is 15.6. The number of aromatic nitrogens is 6. The minimum Gasteiger partial charge on any atom is -0.320 e. The number of nitrogens with zero attached hydrogens (tertiary/aromatic N) is 6. The summed E-state index contributed by atoms with van der Waals surface area (Å²) in [5.74, 6) is -0.796. The van der Waals surface area contributed by atoms with Crippen LogP contribution in [0.3, 0.4) is 0 Å². The molecule has 0 radical (unpaired) electrons. The smallest absolute Gasteiger partial charge is 0.320 e. The predicted octanol–water partition coefficient (Wildman–Crippen LogP) is 3.10. The predicted molar refractivity (Wildman–Crippen MR) is 111 cm³/mol. The SMILES string of the molecule is Cc1cc(NC(=O)c2nn(-c3cccc(C(F)(F)F)c3)c(C)cc2=O)ccc1-n1cnnn1. The van der Waals surface area contributed by atoms with Gasteiger partial charge in [-0.2, -0.15) is 18.3 Å². The first-order valence-corrected chi connectivity index (χ1v) is 9.57. The third-order valence-electron chi connectivity index (χ3n) is 4.79. The van der Waals surface area contributed by atoms with E-state index in [0.717, 1.165) is 28.4 Å². The first kappa shape index (κ1) is 21.9. The van der Waals surface area contributed by atoms with E-state index in [2.05, 4.69) is 25.9 Å². The Kier molecular flexibility index (Phi) is 5.50. The normalized spacial score (nSPS) is 11.4. The molecule has 0 spiro atoms. The van der Waals surface area contributed by atoms with Crippen LogP contribution in [0.2, 0.25) is 0 Å². The fourth-order valence-corrected chi connectivity index (χ4v) is 3.23. The van der Waals surface area contributed by atoms with Gasteiger partial charge < -0.3 is 5.32 Å². The molecule has 168 valence electrons. The molecule has 0 bridgehead atoms. The second-order valence-corrected chi connectivity index (χ2v) is 7.17. The third-order valence-corrected chi connectivity index (χ3v) is 4.79. The van der Waals surface area contributed by atoms with Crippen molar-refractivity contribution in [2.45, 2.75) is 20.0 Å². The third kappa shape index (κ3) is 4.49. The highest BCUT2D eigenvalue weighted by molar-refractivity contribution is 6.02. The van der Waals surface area contributed by atoms with Crippen molar-refractivity contribution in [2.75, 3.05) is 5.32 Å². The van der Waals surface area contributed by atoms with Gasteiger partial charge in [-0.15, -0.1) is 5.10 Å². The van der Waals surface area contributed by atoms with Gasteiger partial charge in [0.05, 0.1) is 16.9 Å². The standard InChI is InChI=1S/C21H16F3N7O2/c1-12-8-15(6-7-17(12)30-11-25-28-29-30)26-20(33)19-18(32)9-13(2)31(27-19)16-5-3-4-14(10-16)21(22,23)24/h3-11H,1-2H3,(H,26,33). The van der Waals surface area contributed by atoms with E-state index in [4.69, 9.17) is 0 Å². The molecule has 2 heterocycles. The van der Waals surface area contributed by atoms with Crippen LogP contribution in [0.1, 0.15) is 27.3 Å². The maximum absolute atomic E-state index is 13.1. The lowest BCUT2D eigenvalue weighted by molar-refractivity contribution is -0.137. The van der Waals surface area contributed by atoms with Gasteiger partial charge in [0, 0.05) is 17.4 Å². The molecule has 2 aromatic heterocycles. The Labute approximate surface area is 184 Å². The Balaban J connectivity index is 1.65. The zero-order valence-corrected chi connectivity index (χ0v) is 17.3. The summed E-state index contributed by atoms with van der Waals surface area (Å²) in [6, 6.07) is 10.5. The number of carbonyl (C=O) groups is 1. The summed E-state index contributed by atoms with van der Waals surface area (Å²) < 4.78 is 41.9. The first-order valence-electron chi connectivity index (χ1n) is 9.57. The van der Waals surface area contributed by atoms with E-state index in [0.29, 0.717) is 11.4 Å². The quantitative estimate of drug-likeness (QED) is 0.507. The van der Waals surface area contributed by atoms with E-state index in [1.54, 1.807) is 25.1 Å². The summed E-state index contributed by atoms with van der Waals surface area (Å²) in [6.45, 7) is 3.30. The summed E-state index contributed by atoms with van der Waals surface area (Å²) in [4.78, 5) is 25.2. The summed E-state index contributed by atoms with van der Waals surface area (Å²) in [7, 11) is 0. The van der Waals surface area contributed by atoms with Crippen LogP contribution < -0.4 is 10.7 Å². The molecule has 4 aromatic rings. The van der Waals surface area contributed by atoms with Crippen LogP contribution in [0.15, 0.2) is 59.7 Å². The summed E-state index contributed by atoms with van der Waals surface area (Å²) in [5, 5.41) is 17.6. The van der Waals surface area contributed by atoms with Gasteiger partial charge in [0.25, 0.3) is 5.91 Å². The molecule has 4 rings (SSSR count). The van der Waals surface area contributed by atoms with E-state index >= 15 is 0 Å². The van der Waals surface area contributed by atoms with Gasteiger partial charge in [0.2, 0.25) is 5.43 Å². The van der Waals surface area contributed by atoms with Crippen molar-refractivity contribution in [1.82, 2.24) is 30.0 Å². The number of hydrogen-bond acceptors (Lipinski definition) is 6. The number of rotatable bonds is 4. The Bertz CT molecular complexity index is 1400. The van der Waals surface area contributed by atoms with Crippen LogP contribution in [0.5, 0.6) is 0 Å². The lowest BCUT2D eigenvalue weighted by atomic mass is 10.1. The number of amides is 1. The average Bonchev–Trinajstić information content (AvgIpc) is 3.28. The fourth-order valence-electron chi connectivity index (χ4n) is 3.23. The molecule has 12 heteroatoms. The molecule has 1 N–H and O–H groups in total. The van der Waals surface area contributed by atoms with E-state index < -0.39 is 28.8 Å². The van der Waals surface area contributed by atoms with Crippen LogP contribution in [-0.4, -0.2) is 35.9 Å². The molecule has 0 unspecified atom stereocenters. The Morgan fingerprint density at radius 1 is 1.06 bits per heavy atom. The van der Waals surface area contributed by atoms with Crippen molar-refractivity contribution in [3.8, 4) is 11.4 Å². The molecule has 1 amide bonds. The van der Waals surface area contributed by atoms with Gasteiger partial charge in [-0.25, -0.2) is 9.36 Å². The number of carbonyl (C=O) groups excluding carboxylic acids is 1. The summed E-state index contributed by atoms with van der Waals surface area (Å²) in [5.41, 5.74) is 0.188. The molecule has 0 saturated carbocycles. The number of hydrogen-bond donors (Lipinski definition) is 1. The average molecular weight is 455 g/mol. The molecule has 2 aromatic carbocycles. The van der Waals surface area contributed by atoms with Gasteiger partial charge in [-0.05, 0) is 66.2 Å². The van der Waals surface area contributed by atoms with Crippen LogP contribution in [0.4, 0.5) is 18.9 Å². The van der Waals surface area contributed by atoms with Gasteiger partial charge >= 0.3 is 6.18 Å². The molecular weight excluding hydrogens is 439 g/mol. The molecule has 0 saturated heterocycles. The summed E-state index contributed by atoms with van der Waals surface area (Å²) >= 11 is 0. The van der Waals surface area contributed by atoms with Crippen molar-refractivity contribution in [2.24, 2.45) is 0 Å². The minimum atomic E-state index is -4.55.